The van der Waals surface area contributed by atoms with E-state index in [1.54, 1.807) is 31.2 Å². The lowest BCUT2D eigenvalue weighted by Gasteiger charge is -2.14. The number of benzene rings is 2. The van der Waals surface area contributed by atoms with Crippen LogP contribution in [0.3, 0.4) is 0 Å². The van der Waals surface area contributed by atoms with Crippen molar-refractivity contribution in [2.45, 2.75) is 33.3 Å². The zero-order valence-corrected chi connectivity index (χ0v) is 21.3. The van der Waals surface area contributed by atoms with E-state index >= 15 is 0 Å². The lowest BCUT2D eigenvalue weighted by atomic mass is 10.2. The average molecular weight is 513 g/mol. The molecule has 2 aromatic carbocycles. The molecule has 3 amide bonds. The van der Waals surface area contributed by atoms with Crippen LogP contribution in [0.4, 0.5) is 10.5 Å². The van der Waals surface area contributed by atoms with Gasteiger partial charge in [0.25, 0.3) is 17.1 Å². The van der Waals surface area contributed by atoms with Crippen LogP contribution in [0.25, 0.3) is 6.08 Å². The highest BCUT2D eigenvalue weighted by Crippen LogP contribution is 2.34. The maximum absolute atomic E-state index is 12.7. The molecule has 36 heavy (non-hydrogen) atoms. The van der Waals surface area contributed by atoms with Crippen molar-refractivity contribution in [3.63, 3.8) is 0 Å². The summed E-state index contributed by atoms with van der Waals surface area (Å²) in [5, 5.41) is 2.25. The molecule has 1 saturated heterocycles. The third-order valence-electron chi connectivity index (χ3n) is 5.33. The van der Waals surface area contributed by atoms with Crippen molar-refractivity contribution in [2.75, 3.05) is 25.6 Å². The summed E-state index contributed by atoms with van der Waals surface area (Å²) >= 11 is 0.743. The van der Waals surface area contributed by atoms with Crippen molar-refractivity contribution in [3.8, 4) is 11.5 Å². The number of imide groups is 1. The molecular formula is C26H28N2O7S. The highest BCUT2D eigenvalue weighted by molar-refractivity contribution is 8.18. The van der Waals surface area contributed by atoms with Crippen LogP contribution in [-0.2, 0) is 19.1 Å². The van der Waals surface area contributed by atoms with Crippen LogP contribution in [0.2, 0.25) is 0 Å². The number of carbonyl (C=O) groups excluding carboxylic acids is 4. The number of thioether (sulfide) groups is 1. The Morgan fingerprint density at radius 2 is 1.89 bits per heavy atom. The minimum atomic E-state index is -0.637. The second-order valence-electron chi connectivity index (χ2n) is 8.04. The summed E-state index contributed by atoms with van der Waals surface area (Å²) in [4.78, 5) is 50.3. The number of esters is 1. The van der Waals surface area contributed by atoms with Gasteiger partial charge in [0.05, 0.1) is 18.1 Å². The number of methoxy groups -OCH3 is 1. The van der Waals surface area contributed by atoms with Gasteiger partial charge in [-0.25, -0.2) is 0 Å². The Bertz CT molecular complexity index is 1190. The van der Waals surface area contributed by atoms with Gasteiger partial charge in [-0.05, 0) is 67.4 Å². The average Bonchev–Trinajstić information content (AvgIpc) is 3.11. The number of nitrogens with zero attached hydrogens (tertiary/aromatic N) is 1. The molecule has 1 atom stereocenters. The summed E-state index contributed by atoms with van der Waals surface area (Å²) < 4.78 is 16.2. The summed E-state index contributed by atoms with van der Waals surface area (Å²) in [6.45, 7) is 4.84. The first-order valence-corrected chi connectivity index (χ1v) is 12.1. The van der Waals surface area contributed by atoms with Gasteiger partial charge >= 0.3 is 5.97 Å². The number of nitrogens with one attached hydrogen (secondary N) is 1. The fourth-order valence-electron chi connectivity index (χ4n) is 3.20. The van der Waals surface area contributed by atoms with Crippen molar-refractivity contribution in [3.05, 3.63) is 58.5 Å². The largest absolute Gasteiger partial charge is 0.493 e. The Morgan fingerprint density at radius 3 is 2.58 bits per heavy atom. The van der Waals surface area contributed by atoms with Gasteiger partial charge in [0.15, 0.2) is 18.1 Å². The lowest BCUT2D eigenvalue weighted by Crippen LogP contribution is -2.35. The number of rotatable bonds is 10. The first-order chi connectivity index (χ1) is 17.2. The number of para-hydroxylation sites is 1. The predicted molar refractivity (Wildman–Crippen MR) is 137 cm³/mol. The zero-order valence-electron chi connectivity index (χ0n) is 20.5. The standard InChI is InChI=1S/C26H28N2O7S/c1-5-17(3)35-24(30)14-28-25(31)22(36-26(28)32)13-18-10-11-20(21(12-18)33-4)34-15-23(29)27-19-9-7-6-8-16(19)2/h6-13,17H,5,14-15H2,1-4H3,(H,27,29)/b22-13-/t17-/m1/s1. The molecule has 1 heterocycles. The van der Waals surface area contributed by atoms with Crippen LogP contribution in [0.15, 0.2) is 47.4 Å². The van der Waals surface area contributed by atoms with Crippen LogP contribution in [0.1, 0.15) is 31.4 Å². The third kappa shape index (κ3) is 6.88. The molecule has 190 valence electrons. The first kappa shape index (κ1) is 26.8. The lowest BCUT2D eigenvalue weighted by molar-refractivity contribution is -0.150. The Hall–Kier alpha value is -3.79. The van der Waals surface area contributed by atoms with Crippen molar-refractivity contribution in [1.82, 2.24) is 4.90 Å². The monoisotopic (exact) mass is 512 g/mol. The van der Waals surface area contributed by atoms with Crippen LogP contribution < -0.4 is 14.8 Å². The molecule has 0 radical (unpaired) electrons. The summed E-state index contributed by atoms with van der Waals surface area (Å²) in [6.07, 6.45) is 1.86. The maximum Gasteiger partial charge on any atom is 0.326 e. The summed E-state index contributed by atoms with van der Waals surface area (Å²) in [5.41, 5.74) is 2.22. The van der Waals surface area contributed by atoms with E-state index < -0.39 is 23.7 Å². The fourth-order valence-corrected chi connectivity index (χ4v) is 4.04. The molecule has 0 bridgehead atoms. The van der Waals surface area contributed by atoms with Crippen LogP contribution in [0.5, 0.6) is 11.5 Å². The van der Waals surface area contributed by atoms with Gasteiger partial charge in [0.2, 0.25) is 0 Å². The molecule has 1 aliphatic heterocycles. The number of hydrogen-bond donors (Lipinski definition) is 1. The van der Waals surface area contributed by atoms with E-state index in [1.165, 1.54) is 13.2 Å². The molecule has 9 nitrogen and oxygen atoms in total. The first-order valence-electron chi connectivity index (χ1n) is 11.3. The molecule has 0 spiro atoms. The van der Waals surface area contributed by atoms with E-state index in [0.717, 1.165) is 22.2 Å². The van der Waals surface area contributed by atoms with Crippen LogP contribution >= 0.6 is 11.8 Å². The number of ether oxygens (including phenoxy) is 3. The van der Waals surface area contributed by atoms with Crippen molar-refractivity contribution >= 4 is 46.5 Å². The van der Waals surface area contributed by atoms with Crippen LogP contribution in [-0.4, -0.2) is 54.3 Å². The van der Waals surface area contributed by atoms with Gasteiger partial charge in [0.1, 0.15) is 6.54 Å². The van der Waals surface area contributed by atoms with Crippen LogP contribution in [0, 0.1) is 6.92 Å². The smallest absolute Gasteiger partial charge is 0.326 e. The second-order valence-corrected chi connectivity index (χ2v) is 9.03. The van der Waals surface area contributed by atoms with Gasteiger partial charge in [-0.15, -0.1) is 0 Å². The van der Waals surface area contributed by atoms with Gasteiger partial charge in [0, 0.05) is 5.69 Å². The Labute approximate surface area is 213 Å². The van der Waals surface area contributed by atoms with Gasteiger partial charge in [-0.2, -0.15) is 0 Å². The third-order valence-corrected chi connectivity index (χ3v) is 6.24. The van der Waals surface area contributed by atoms with E-state index in [-0.39, 0.29) is 23.5 Å². The fraction of sp³-hybridized carbons (Fsp3) is 0.308. The van der Waals surface area contributed by atoms with Gasteiger partial charge in [-0.1, -0.05) is 31.2 Å². The highest BCUT2D eigenvalue weighted by Gasteiger charge is 2.36. The molecule has 2 aromatic rings. The summed E-state index contributed by atoms with van der Waals surface area (Å²) in [6, 6.07) is 12.3. The summed E-state index contributed by atoms with van der Waals surface area (Å²) in [5.74, 6) is -0.837. The number of hydrogen-bond acceptors (Lipinski definition) is 8. The minimum Gasteiger partial charge on any atom is -0.493 e. The predicted octanol–water partition coefficient (Wildman–Crippen LogP) is 4.40. The molecule has 1 aliphatic rings. The topological polar surface area (TPSA) is 111 Å². The van der Waals surface area contributed by atoms with Gasteiger partial charge < -0.3 is 19.5 Å². The van der Waals surface area contributed by atoms with E-state index in [0.29, 0.717) is 29.2 Å². The van der Waals surface area contributed by atoms with E-state index in [1.807, 2.05) is 32.0 Å². The second kappa shape index (κ2) is 12.3. The normalized spacial score (nSPS) is 15.1. The van der Waals surface area contributed by atoms with E-state index in [2.05, 4.69) is 5.32 Å². The molecule has 3 rings (SSSR count). The van der Waals surface area contributed by atoms with Gasteiger partial charge in [-0.3, -0.25) is 24.1 Å². The minimum absolute atomic E-state index is 0.171. The molecule has 0 saturated carbocycles. The number of anilines is 1. The Balaban J connectivity index is 1.65. The molecule has 10 heteroatoms. The number of aryl methyl sites for hydroxylation is 1. The maximum atomic E-state index is 12.7. The molecule has 1 fully saturated rings. The Kier molecular flexibility index (Phi) is 9.13. The number of amides is 3. The SMILES string of the molecule is CC[C@@H](C)OC(=O)CN1C(=O)S/C(=C\c2ccc(OCC(=O)Nc3ccccc3C)c(OC)c2)C1=O. The van der Waals surface area contributed by atoms with Crippen molar-refractivity contribution < 1.29 is 33.4 Å². The quantitative estimate of drug-likeness (QED) is 0.368. The highest BCUT2D eigenvalue weighted by atomic mass is 32.2. The van der Waals surface area contributed by atoms with E-state index in [4.69, 9.17) is 14.2 Å². The van der Waals surface area contributed by atoms with Crippen molar-refractivity contribution in [2.24, 2.45) is 0 Å². The molecule has 0 aliphatic carbocycles. The zero-order chi connectivity index (χ0) is 26.2. The van der Waals surface area contributed by atoms with E-state index in [9.17, 15) is 19.2 Å². The molecule has 0 unspecified atom stereocenters. The summed E-state index contributed by atoms with van der Waals surface area (Å²) in [7, 11) is 1.45. The molecule has 0 aromatic heterocycles. The Morgan fingerprint density at radius 1 is 1.14 bits per heavy atom. The number of carbonyl (C=O) groups is 4. The molecular weight excluding hydrogens is 484 g/mol. The molecule has 1 N–H and O–H groups in total. The van der Waals surface area contributed by atoms with Crippen molar-refractivity contribution in [1.29, 1.82) is 0 Å².